The fourth-order valence-corrected chi connectivity index (χ4v) is 2.84. The van der Waals surface area contributed by atoms with Crippen LogP contribution < -0.4 is 5.56 Å². The maximum Gasteiger partial charge on any atom is 0.312 e. The van der Waals surface area contributed by atoms with Gasteiger partial charge in [-0.15, -0.1) is 0 Å². The van der Waals surface area contributed by atoms with Crippen molar-refractivity contribution in [2.24, 2.45) is 7.05 Å². The van der Waals surface area contributed by atoms with E-state index >= 15 is 0 Å². The van der Waals surface area contributed by atoms with Gasteiger partial charge in [0.15, 0.2) is 0 Å². The lowest BCUT2D eigenvalue weighted by molar-refractivity contribution is -0.385. The van der Waals surface area contributed by atoms with Crippen LogP contribution in [0, 0.1) is 10.1 Å². The van der Waals surface area contributed by atoms with Crippen LogP contribution in [0.5, 0.6) is 0 Å². The first-order valence-electron chi connectivity index (χ1n) is 8.25. The van der Waals surface area contributed by atoms with Gasteiger partial charge < -0.3 is 4.74 Å². The van der Waals surface area contributed by atoms with Gasteiger partial charge in [0.05, 0.1) is 22.4 Å². The molecule has 0 aliphatic heterocycles. The summed E-state index contributed by atoms with van der Waals surface area (Å²) >= 11 is 0. The van der Waals surface area contributed by atoms with Gasteiger partial charge in [-0.3, -0.25) is 19.7 Å². The van der Waals surface area contributed by atoms with Crippen molar-refractivity contribution in [2.45, 2.75) is 19.4 Å². The number of aromatic nitrogens is 2. The van der Waals surface area contributed by atoms with Crippen LogP contribution in [0.2, 0.25) is 0 Å². The van der Waals surface area contributed by atoms with Gasteiger partial charge in [0.1, 0.15) is 6.10 Å². The number of benzene rings is 2. The predicted molar refractivity (Wildman–Crippen MR) is 98.3 cm³/mol. The molecule has 2 aromatic carbocycles. The fourth-order valence-electron chi connectivity index (χ4n) is 2.84. The third kappa shape index (κ3) is 3.84. The number of non-ortho nitro benzene ring substituents is 1. The van der Waals surface area contributed by atoms with Crippen molar-refractivity contribution >= 4 is 22.4 Å². The highest BCUT2D eigenvalue weighted by Crippen LogP contribution is 2.22. The molecule has 0 radical (unpaired) electrons. The van der Waals surface area contributed by atoms with Crippen LogP contribution >= 0.6 is 0 Å². The van der Waals surface area contributed by atoms with Crippen LogP contribution in [0.25, 0.3) is 10.8 Å². The summed E-state index contributed by atoms with van der Waals surface area (Å²) in [6.07, 6.45) is -0.773. The van der Waals surface area contributed by atoms with Crippen LogP contribution in [0.3, 0.4) is 0 Å². The Morgan fingerprint density at radius 1 is 1.22 bits per heavy atom. The van der Waals surface area contributed by atoms with E-state index in [0.717, 1.165) is 0 Å². The van der Waals surface area contributed by atoms with Crippen LogP contribution in [0.4, 0.5) is 5.69 Å². The minimum Gasteiger partial charge on any atom is -0.457 e. The maximum absolute atomic E-state index is 12.4. The van der Waals surface area contributed by atoms with Crippen molar-refractivity contribution in [2.75, 3.05) is 0 Å². The highest BCUT2D eigenvalue weighted by atomic mass is 16.6. The van der Waals surface area contributed by atoms with E-state index in [1.165, 1.54) is 23.9 Å². The average Bonchev–Trinajstić information content (AvgIpc) is 2.66. The number of nitro groups is 1. The van der Waals surface area contributed by atoms with E-state index in [1.54, 1.807) is 43.3 Å². The van der Waals surface area contributed by atoms with Crippen LogP contribution in [0.15, 0.2) is 53.3 Å². The second-order valence-electron chi connectivity index (χ2n) is 6.08. The molecule has 1 aromatic heterocycles. The number of fused-ring (bicyclic) bond motifs is 1. The lowest BCUT2D eigenvalue weighted by Crippen LogP contribution is -2.23. The van der Waals surface area contributed by atoms with E-state index in [2.05, 4.69) is 5.10 Å². The Balaban J connectivity index is 1.81. The zero-order chi connectivity index (χ0) is 19.6. The molecule has 0 bridgehead atoms. The number of ether oxygens (including phenoxy) is 1. The molecule has 0 spiro atoms. The Morgan fingerprint density at radius 2 is 1.93 bits per heavy atom. The number of hydrogen-bond acceptors (Lipinski definition) is 6. The molecule has 0 aliphatic rings. The van der Waals surface area contributed by atoms with E-state index in [4.69, 9.17) is 4.74 Å². The largest absolute Gasteiger partial charge is 0.457 e. The Bertz CT molecular complexity index is 1090. The average molecular weight is 367 g/mol. The lowest BCUT2D eigenvalue weighted by Gasteiger charge is -2.14. The van der Waals surface area contributed by atoms with E-state index in [0.29, 0.717) is 22.0 Å². The molecule has 3 aromatic rings. The molecule has 0 amide bonds. The van der Waals surface area contributed by atoms with Gasteiger partial charge in [0.2, 0.25) is 0 Å². The van der Waals surface area contributed by atoms with Gasteiger partial charge in [0.25, 0.3) is 11.2 Å². The Morgan fingerprint density at radius 3 is 2.63 bits per heavy atom. The van der Waals surface area contributed by atoms with Gasteiger partial charge in [0, 0.05) is 24.6 Å². The topological polar surface area (TPSA) is 104 Å². The molecule has 138 valence electrons. The van der Waals surface area contributed by atoms with Gasteiger partial charge in [-0.05, 0) is 18.6 Å². The number of esters is 1. The van der Waals surface area contributed by atoms with Crippen LogP contribution in [-0.2, 0) is 23.0 Å². The van der Waals surface area contributed by atoms with Gasteiger partial charge in [-0.25, -0.2) is 4.68 Å². The summed E-state index contributed by atoms with van der Waals surface area (Å²) in [5.74, 6) is -0.537. The first-order chi connectivity index (χ1) is 12.9. The number of carbonyl (C=O) groups excluding carboxylic acids is 1. The molecule has 0 aliphatic carbocycles. The molecule has 0 unspecified atom stereocenters. The third-order valence-electron chi connectivity index (χ3n) is 4.20. The molecular weight excluding hydrogens is 350 g/mol. The zero-order valence-corrected chi connectivity index (χ0v) is 14.8. The van der Waals surface area contributed by atoms with E-state index < -0.39 is 17.0 Å². The van der Waals surface area contributed by atoms with Gasteiger partial charge in [-0.2, -0.15) is 5.10 Å². The second kappa shape index (κ2) is 7.36. The molecule has 0 N–H and O–H groups in total. The standard InChI is InChI=1S/C19H17N3O5/c1-12(13-6-5-7-14(10-13)22(25)26)27-18(23)11-17-15-8-3-4-9-16(15)19(24)21(2)20-17/h3-10,12H,11H2,1-2H3/t12-/m1/s1. The van der Waals surface area contributed by atoms with E-state index in [9.17, 15) is 19.7 Å². The third-order valence-corrected chi connectivity index (χ3v) is 4.20. The fraction of sp³-hybridized carbons (Fsp3) is 0.211. The molecular formula is C19H17N3O5. The summed E-state index contributed by atoms with van der Waals surface area (Å²) in [5.41, 5.74) is 0.647. The number of carbonyl (C=O) groups is 1. The molecule has 0 fully saturated rings. The monoisotopic (exact) mass is 367 g/mol. The highest BCUT2D eigenvalue weighted by Gasteiger charge is 2.18. The maximum atomic E-state index is 12.4. The second-order valence-corrected chi connectivity index (χ2v) is 6.08. The molecule has 1 heterocycles. The smallest absolute Gasteiger partial charge is 0.312 e. The first-order valence-corrected chi connectivity index (χ1v) is 8.25. The molecule has 27 heavy (non-hydrogen) atoms. The van der Waals surface area contributed by atoms with Gasteiger partial charge in [-0.1, -0.05) is 30.3 Å². The van der Waals surface area contributed by atoms with Crippen molar-refractivity contribution in [1.82, 2.24) is 9.78 Å². The Hall–Kier alpha value is -3.55. The van der Waals surface area contributed by atoms with Crippen LogP contribution in [-0.4, -0.2) is 20.7 Å². The van der Waals surface area contributed by atoms with E-state index in [-0.39, 0.29) is 17.7 Å². The summed E-state index contributed by atoms with van der Waals surface area (Å²) in [6.45, 7) is 1.64. The number of hydrogen-bond donors (Lipinski definition) is 0. The minimum absolute atomic E-state index is 0.0684. The Labute approximate surface area is 154 Å². The first kappa shape index (κ1) is 18.2. The molecule has 1 atom stereocenters. The number of nitro benzene ring substituents is 1. The summed E-state index contributed by atoms with van der Waals surface area (Å²) in [6, 6.07) is 12.9. The minimum atomic E-state index is -0.656. The van der Waals surface area contributed by atoms with Crippen molar-refractivity contribution in [1.29, 1.82) is 0 Å². The Kier molecular flexibility index (Phi) is 4.98. The molecule has 0 saturated heterocycles. The van der Waals surface area contributed by atoms with Crippen LogP contribution in [0.1, 0.15) is 24.3 Å². The zero-order valence-electron chi connectivity index (χ0n) is 14.8. The molecule has 0 saturated carbocycles. The number of aryl methyl sites for hydroxylation is 1. The van der Waals surface area contributed by atoms with Crippen molar-refractivity contribution in [3.63, 3.8) is 0 Å². The highest BCUT2D eigenvalue weighted by molar-refractivity contribution is 5.86. The van der Waals surface area contributed by atoms with Crippen molar-refractivity contribution < 1.29 is 14.5 Å². The number of nitrogens with zero attached hydrogens (tertiary/aromatic N) is 3. The normalized spacial score (nSPS) is 11.9. The molecule has 3 rings (SSSR count). The molecule has 8 heteroatoms. The van der Waals surface area contributed by atoms with Crippen molar-refractivity contribution in [3.8, 4) is 0 Å². The van der Waals surface area contributed by atoms with Crippen molar-refractivity contribution in [3.05, 3.63) is 80.3 Å². The lowest BCUT2D eigenvalue weighted by atomic mass is 10.1. The summed E-state index contributed by atoms with van der Waals surface area (Å²) < 4.78 is 6.59. The summed E-state index contributed by atoms with van der Waals surface area (Å²) in [5, 5.41) is 16.1. The SMILES string of the molecule is C[C@@H](OC(=O)Cc1nn(C)c(=O)c2ccccc12)c1cccc([N+](=O)[O-])c1. The summed E-state index contributed by atoms with van der Waals surface area (Å²) in [7, 11) is 1.52. The number of rotatable bonds is 5. The summed E-state index contributed by atoms with van der Waals surface area (Å²) in [4.78, 5) is 34.9. The predicted octanol–water partition coefficient (Wildman–Crippen LogP) is 2.69. The quantitative estimate of drug-likeness (QED) is 0.390. The van der Waals surface area contributed by atoms with Gasteiger partial charge >= 0.3 is 5.97 Å². The van der Waals surface area contributed by atoms with E-state index in [1.807, 2.05) is 0 Å². The molecule has 8 nitrogen and oxygen atoms in total.